The van der Waals surface area contributed by atoms with E-state index in [0.717, 1.165) is 57.8 Å². The van der Waals surface area contributed by atoms with E-state index >= 15 is 0 Å². The van der Waals surface area contributed by atoms with Gasteiger partial charge in [0.2, 0.25) is 5.91 Å². The number of aliphatic hydroxyl groups is 5. The van der Waals surface area contributed by atoms with Crippen LogP contribution in [-0.4, -0.2) is 87.5 Å². The Morgan fingerprint density at radius 3 is 1.37 bits per heavy atom. The summed E-state index contributed by atoms with van der Waals surface area (Å²) in [5.74, 6) is -0.154. The Bertz CT molecular complexity index is 1040. The number of amides is 1. The first-order valence-electron chi connectivity index (χ1n) is 27.1. The van der Waals surface area contributed by atoms with Crippen LogP contribution in [0.3, 0.4) is 0 Å². The summed E-state index contributed by atoms with van der Waals surface area (Å²) in [6, 6.07) is -0.724. The van der Waals surface area contributed by atoms with Crippen molar-refractivity contribution >= 4 is 5.91 Å². The molecule has 0 radical (unpaired) electrons. The van der Waals surface area contributed by atoms with E-state index in [-0.39, 0.29) is 12.5 Å². The van der Waals surface area contributed by atoms with Gasteiger partial charge in [0.05, 0.1) is 25.4 Å². The zero-order chi connectivity index (χ0) is 45.9. The number of allylic oxidation sites excluding steroid dienone is 4. The summed E-state index contributed by atoms with van der Waals surface area (Å²) < 4.78 is 11.3. The summed E-state index contributed by atoms with van der Waals surface area (Å²) in [6.07, 6.45) is 47.7. The van der Waals surface area contributed by atoms with Gasteiger partial charge in [-0.05, 0) is 38.5 Å². The molecule has 0 aromatic rings. The molecule has 0 bridgehead atoms. The van der Waals surface area contributed by atoms with Crippen LogP contribution in [0.1, 0.15) is 258 Å². The largest absolute Gasteiger partial charge is 0.394 e. The van der Waals surface area contributed by atoms with Crippen LogP contribution in [0.4, 0.5) is 0 Å². The lowest BCUT2D eigenvalue weighted by Crippen LogP contribution is -2.60. The third-order valence-electron chi connectivity index (χ3n) is 13.1. The standard InChI is InChI=1S/C54H103NO8/c1-3-5-7-9-11-13-15-17-19-20-21-22-23-24-25-26-27-28-30-31-33-35-37-39-41-43-48(57)47(46-62-54-53(61)52(60)51(59)49(45-56)63-54)55-50(58)44-42-40-38-36-34-32-29-18-16-14-12-10-8-6-4-2/h12,14,16,18,47-49,51-54,56-57,59-61H,3-11,13,15,17,19-46H2,1-2H3,(H,55,58)/b14-12-,18-16-. The van der Waals surface area contributed by atoms with Crippen molar-refractivity contribution in [3.63, 3.8) is 0 Å². The van der Waals surface area contributed by atoms with E-state index < -0.39 is 49.5 Å². The molecule has 0 aliphatic carbocycles. The van der Waals surface area contributed by atoms with Gasteiger partial charge in [0, 0.05) is 6.42 Å². The molecule has 0 saturated carbocycles. The number of unbranched alkanes of at least 4 members (excludes halogenated alkanes) is 33. The number of nitrogens with one attached hydrogen (secondary N) is 1. The monoisotopic (exact) mass is 894 g/mol. The molecule has 7 unspecified atom stereocenters. The van der Waals surface area contributed by atoms with Gasteiger partial charge in [0.25, 0.3) is 0 Å². The fraction of sp³-hybridized carbons (Fsp3) is 0.907. The molecule has 372 valence electrons. The van der Waals surface area contributed by atoms with E-state index in [1.807, 2.05) is 0 Å². The molecule has 0 spiro atoms. The van der Waals surface area contributed by atoms with E-state index in [0.29, 0.717) is 12.8 Å². The third kappa shape index (κ3) is 34.6. The highest BCUT2D eigenvalue weighted by Crippen LogP contribution is 2.23. The van der Waals surface area contributed by atoms with Gasteiger partial charge in [-0.2, -0.15) is 0 Å². The fourth-order valence-corrected chi connectivity index (χ4v) is 8.74. The summed E-state index contributed by atoms with van der Waals surface area (Å²) in [7, 11) is 0. The lowest BCUT2D eigenvalue weighted by Gasteiger charge is -2.40. The van der Waals surface area contributed by atoms with Crippen LogP contribution in [0.25, 0.3) is 0 Å². The molecule has 1 heterocycles. The minimum Gasteiger partial charge on any atom is -0.394 e. The van der Waals surface area contributed by atoms with E-state index in [9.17, 15) is 30.3 Å². The Balaban J connectivity index is 2.21. The Labute approximate surface area is 388 Å². The number of hydrogen-bond donors (Lipinski definition) is 6. The van der Waals surface area contributed by atoms with Crippen LogP contribution >= 0.6 is 0 Å². The van der Waals surface area contributed by atoms with Gasteiger partial charge in [-0.1, -0.05) is 237 Å². The number of aliphatic hydroxyl groups excluding tert-OH is 5. The van der Waals surface area contributed by atoms with Gasteiger partial charge in [-0.15, -0.1) is 0 Å². The maximum Gasteiger partial charge on any atom is 0.220 e. The van der Waals surface area contributed by atoms with Gasteiger partial charge >= 0.3 is 0 Å². The topological polar surface area (TPSA) is 149 Å². The molecule has 9 heteroatoms. The van der Waals surface area contributed by atoms with Gasteiger partial charge in [0.15, 0.2) is 6.29 Å². The van der Waals surface area contributed by atoms with Crippen LogP contribution in [0.5, 0.6) is 0 Å². The minimum absolute atomic E-state index is 0.141. The van der Waals surface area contributed by atoms with Crippen molar-refractivity contribution < 1.29 is 39.8 Å². The van der Waals surface area contributed by atoms with Crippen molar-refractivity contribution in [2.24, 2.45) is 0 Å². The quantitative estimate of drug-likeness (QED) is 0.0261. The van der Waals surface area contributed by atoms with E-state index in [4.69, 9.17) is 9.47 Å². The zero-order valence-electron chi connectivity index (χ0n) is 41.1. The summed E-state index contributed by atoms with van der Waals surface area (Å²) in [4.78, 5) is 13.0. The van der Waals surface area contributed by atoms with Gasteiger partial charge in [-0.3, -0.25) is 4.79 Å². The first kappa shape index (κ1) is 59.7. The molecule has 9 nitrogen and oxygen atoms in total. The highest BCUT2D eigenvalue weighted by molar-refractivity contribution is 5.76. The van der Waals surface area contributed by atoms with Crippen molar-refractivity contribution in [1.82, 2.24) is 5.32 Å². The Hall–Kier alpha value is -1.33. The predicted octanol–water partition coefficient (Wildman–Crippen LogP) is 12.6. The smallest absolute Gasteiger partial charge is 0.220 e. The average Bonchev–Trinajstić information content (AvgIpc) is 3.28. The van der Waals surface area contributed by atoms with Crippen molar-refractivity contribution in [3.05, 3.63) is 24.3 Å². The highest BCUT2D eigenvalue weighted by Gasteiger charge is 2.44. The average molecular weight is 894 g/mol. The third-order valence-corrected chi connectivity index (χ3v) is 13.1. The van der Waals surface area contributed by atoms with E-state index in [1.165, 1.54) is 173 Å². The first-order chi connectivity index (χ1) is 30.8. The number of ether oxygens (including phenoxy) is 2. The molecule has 1 fully saturated rings. The molecule has 6 N–H and O–H groups in total. The maximum absolute atomic E-state index is 13.0. The van der Waals surface area contributed by atoms with Crippen molar-refractivity contribution in [2.45, 2.75) is 301 Å². The second-order valence-corrected chi connectivity index (χ2v) is 19.1. The van der Waals surface area contributed by atoms with Crippen molar-refractivity contribution in [2.75, 3.05) is 13.2 Å². The first-order valence-corrected chi connectivity index (χ1v) is 27.1. The Morgan fingerprint density at radius 2 is 0.921 bits per heavy atom. The van der Waals surface area contributed by atoms with Gasteiger partial charge in [-0.25, -0.2) is 0 Å². The van der Waals surface area contributed by atoms with Crippen LogP contribution < -0.4 is 5.32 Å². The SMILES string of the molecule is CCCCC/C=C\C=C/CCCCCCCCC(=O)NC(COC1OC(CO)C(O)C(O)C1O)C(O)CCCCCCCCCCCCCCCCCCCCCCCCCCC. The number of rotatable bonds is 46. The molecule has 1 rings (SSSR count). The molecule has 1 saturated heterocycles. The molecule has 7 atom stereocenters. The second kappa shape index (κ2) is 44.5. The maximum atomic E-state index is 13.0. The zero-order valence-corrected chi connectivity index (χ0v) is 41.1. The Morgan fingerprint density at radius 1 is 0.540 bits per heavy atom. The molecule has 1 aliphatic heterocycles. The lowest BCUT2D eigenvalue weighted by molar-refractivity contribution is -0.302. The Kier molecular flexibility index (Phi) is 42.2. The molecule has 1 aliphatic rings. The summed E-state index contributed by atoms with van der Waals surface area (Å²) in [5.41, 5.74) is 0. The molecule has 1 amide bonds. The molecular weight excluding hydrogens is 791 g/mol. The van der Waals surface area contributed by atoms with Crippen molar-refractivity contribution in [3.8, 4) is 0 Å². The number of carbonyl (C=O) groups excluding carboxylic acids is 1. The lowest BCUT2D eigenvalue weighted by atomic mass is 9.99. The molecule has 0 aromatic heterocycles. The normalized spacial score (nSPS) is 20.3. The van der Waals surface area contributed by atoms with Gasteiger partial charge in [0.1, 0.15) is 24.4 Å². The fourth-order valence-electron chi connectivity index (χ4n) is 8.74. The van der Waals surface area contributed by atoms with Crippen molar-refractivity contribution in [1.29, 1.82) is 0 Å². The summed E-state index contributed by atoms with van der Waals surface area (Å²) >= 11 is 0. The minimum atomic E-state index is -1.55. The molecular formula is C54H103NO8. The highest BCUT2D eigenvalue weighted by atomic mass is 16.7. The van der Waals surface area contributed by atoms with Gasteiger partial charge < -0.3 is 40.3 Å². The van der Waals surface area contributed by atoms with E-state index in [1.54, 1.807) is 0 Å². The molecule has 0 aromatic carbocycles. The van der Waals surface area contributed by atoms with Crippen LogP contribution in [0.2, 0.25) is 0 Å². The van der Waals surface area contributed by atoms with Crippen LogP contribution in [0.15, 0.2) is 24.3 Å². The summed E-state index contributed by atoms with van der Waals surface area (Å²) in [5, 5.41) is 54.5. The van der Waals surface area contributed by atoms with Crippen LogP contribution in [0, 0.1) is 0 Å². The predicted molar refractivity (Wildman–Crippen MR) is 263 cm³/mol. The number of carbonyl (C=O) groups is 1. The second-order valence-electron chi connectivity index (χ2n) is 19.1. The van der Waals surface area contributed by atoms with E-state index in [2.05, 4.69) is 43.5 Å². The van der Waals surface area contributed by atoms with Crippen LogP contribution in [-0.2, 0) is 14.3 Å². The molecule has 63 heavy (non-hydrogen) atoms. The summed E-state index contributed by atoms with van der Waals surface area (Å²) in [6.45, 7) is 3.82. The number of hydrogen-bond acceptors (Lipinski definition) is 8.